The van der Waals surface area contributed by atoms with Crippen LogP contribution in [0.1, 0.15) is 24.3 Å². The third-order valence-electron chi connectivity index (χ3n) is 2.25. The molecule has 0 spiro atoms. The molecule has 1 aliphatic rings. The largest absolute Gasteiger partial charge is 0.504 e. The van der Waals surface area contributed by atoms with E-state index in [1.165, 1.54) is 12.8 Å². The van der Waals surface area contributed by atoms with Crippen molar-refractivity contribution in [2.75, 3.05) is 7.11 Å². The predicted octanol–water partition coefficient (Wildman–Crippen LogP) is 2.28. The number of phenols is 1. The molecule has 12 heavy (non-hydrogen) atoms. The molecule has 2 nitrogen and oxygen atoms in total. The summed E-state index contributed by atoms with van der Waals surface area (Å²) in [6, 6.07) is 5.55. The highest BCUT2D eigenvalue weighted by Crippen LogP contribution is 2.46. The molecule has 2 heteroatoms. The van der Waals surface area contributed by atoms with E-state index in [1.54, 1.807) is 13.2 Å². The second-order valence-electron chi connectivity index (χ2n) is 3.17. The minimum atomic E-state index is 0.252. The van der Waals surface area contributed by atoms with Crippen LogP contribution in [0.25, 0.3) is 0 Å². The van der Waals surface area contributed by atoms with E-state index in [0.717, 1.165) is 5.56 Å². The molecular formula is C10H12O2. The summed E-state index contributed by atoms with van der Waals surface area (Å²) in [5.74, 6) is 1.52. The third-order valence-corrected chi connectivity index (χ3v) is 2.25. The first kappa shape index (κ1) is 7.47. The van der Waals surface area contributed by atoms with Crippen molar-refractivity contribution in [1.29, 1.82) is 0 Å². The van der Waals surface area contributed by atoms with Crippen molar-refractivity contribution in [2.24, 2.45) is 0 Å². The fourth-order valence-electron chi connectivity index (χ4n) is 1.48. The van der Waals surface area contributed by atoms with Gasteiger partial charge < -0.3 is 9.84 Å². The van der Waals surface area contributed by atoms with Crippen molar-refractivity contribution in [3.05, 3.63) is 23.8 Å². The van der Waals surface area contributed by atoms with E-state index in [9.17, 15) is 5.11 Å². The minimum absolute atomic E-state index is 0.252. The molecule has 0 aromatic heterocycles. The Labute approximate surface area is 71.8 Å². The normalized spacial score (nSPS) is 16.1. The van der Waals surface area contributed by atoms with E-state index in [2.05, 4.69) is 0 Å². The van der Waals surface area contributed by atoms with Gasteiger partial charge in [0.2, 0.25) is 0 Å². The van der Waals surface area contributed by atoms with Crippen LogP contribution in [-0.4, -0.2) is 12.2 Å². The zero-order valence-corrected chi connectivity index (χ0v) is 7.08. The van der Waals surface area contributed by atoms with E-state index in [-0.39, 0.29) is 5.75 Å². The Morgan fingerprint density at radius 3 is 2.75 bits per heavy atom. The number of rotatable bonds is 2. The van der Waals surface area contributed by atoms with Gasteiger partial charge in [-0.05, 0) is 24.8 Å². The molecule has 2 rings (SSSR count). The van der Waals surface area contributed by atoms with Gasteiger partial charge in [-0.1, -0.05) is 12.1 Å². The lowest BCUT2D eigenvalue weighted by Gasteiger charge is -2.08. The lowest BCUT2D eigenvalue weighted by molar-refractivity contribution is 0.369. The molecule has 1 saturated carbocycles. The molecule has 0 radical (unpaired) electrons. The van der Waals surface area contributed by atoms with Crippen LogP contribution < -0.4 is 4.74 Å². The van der Waals surface area contributed by atoms with Crippen molar-refractivity contribution >= 4 is 0 Å². The van der Waals surface area contributed by atoms with Crippen LogP contribution in [0.15, 0.2) is 18.2 Å². The van der Waals surface area contributed by atoms with E-state index in [4.69, 9.17) is 4.74 Å². The van der Waals surface area contributed by atoms with Crippen LogP contribution >= 0.6 is 0 Å². The molecule has 0 atom stereocenters. The molecule has 0 saturated heterocycles. The number of aromatic hydroxyl groups is 1. The maximum absolute atomic E-state index is 9.44. The molecule has 1 aromatic rings. The Hall–Kier alpha value is -1.18. The van der Waals surface area contributed by atoms with E-state index >= 15 is 0 Å². The molecule has 1 aliphatic carbocycles. The zero-order chi connectivity index (χ0) is 8.55. The van der Waals surface area contributed by atoms with Gasteiger partial charge in [0, 0.05) is 5.56 Å². The van der Waals surface area contributed by atoms with Gasteiger partial charge in [-0.3, -0.25) is 0 Å². The second kappa shape index (κ2) is 2.70. The van der Waals surface area contributed by atoms with Gasteiger partial charge in [-0.2, -0.15) is 0 Å². The SMILES string of the molecule is COc1c(O)cccc1C1CC1. The summed E-state index contributed by atoms with van der Waals surface area (Å²) in [6.07, 6.45) is 2.44. The molecular weight excluding hydrogens is 152 g/mol. The lowest BCUT2D eigenvalue weighted by Crippen LogP contribution is -1.89. The smallest absolute Gasteiger partial charge is 0.163 e. The molecule has 1 N–H and O–H groups in total. The van der Waals surface area contributed by atoms with Gasteiger partial charge in [0.05, 0.1) is 7.11 Å². The van der Waals surface area contributed by atoms with E-state index in [1.807, 2.05) is 12.1 Å². The Kier molecular flexibility index (Phi) is 1.68. The van der Waals surface area contributed by atoms with Gasteiger partial charge in [0.1, 0.15) is 0 Å². The fraction of sp³-hybridized carbons (Fsp3) is 0.400. The van der Waals surface area contributed by atoms with Crippen molar-refractivity contribution in [2.45, 2.75) is 18.8 Å². The maximum Gasteiger partial charge on any atom is 0.163 e. The summed E-state index contributed by atoms with van der Waals surface area (Å²) < 4.78 is 5.13. The molecule has 1 aromatic carbocycles. The second-order valence-corrected chi connectivity index (χ2v) is 3.17. The highest BCUT2D eigenvalue weighted by molar-refractivity contribution is 5.48. The topological polar surface area (TPSA) is 29.5 Å². The lowest BCUT2D eigenvalue weighted by atomic mass is 10.1. The average Bonchev–Trinajstić information content (AvgIpc) is 2.86. The minimum Gasteiger partial charge on any atom is -0.504 e. The van der Waals surface area contributed by atoms with Crippen molar-refractivity contribution < 1.29 is 9.84 Å². The fourth-order valence-corrected chi connectivity index (χ4v) is 1.48. The monoisotopic (exact) mass is 164 g/mol. The average molecular weight is 164 g/mol. The van der Waals surface area contributed by atoms with Gasteiger partial charge in [-0.25, -0.2) is 0 Å². The zero-order valence-electron chi connectivity index (χ0n) is 7.08. The van der Waals surface area contributed by atoms with Crippen LogP contribution in [0, 0.1) is 0 Å². The summed E-state index contributed by atoms with van der Waals surface area (Å²) in [5.41, 5.74) is 1.15. The Balaban J connectivity index is 2.43. The Morgan fingerprint density at radius 1 is 1.42 bits per heavy atom. The third kappa shape index (κ3) is 1.13. The van der Waals surface area contributed by atoms with Crippen LogP contribution in [0.4, 0.5) is 0 Å². The van der Waals surface area contributed by atoms with Gasteiger partial charge in [0.15, 0.2) is 11.5 Å². The highest BCUT2D eigenvalue weighted by atomic mass is 16.5. The summed E-state index contributed by atoms with van der Waals surface area (Å²) in [6.45, 7) is 0. The number of phenolic OH excluding ortho intramolecular Hbond substituents is 1. The number of benzene rings is 1. The van der Waals surface area contributed by atoms with Crippen molar-refractivity contribution in [1.82, 2.24) is 0 Å². The molecule has 64 valence electrons. The Bertz CT molecular complexity index is 290. The first-order chi connectivity index (χ1) is 5.83. The molecule has 0 heterocycles. The summed E-state index contributed by atoms with van der Waals surface area (Å²) in [4.78, 5) is 0. The number of hydrogen-bond donors (Lipinski definition) is 1. The molecule has 1 fully saturated rings. The van der Waals surface area contributed by atoms with Crippen LogP contribution in [0.5, 0.6) is 11.5 Å². The quantitative estimate of drug-likeness (QED) is 0.726. The summed E-state index contributed by atoms with van der Waals surface area (Å²) in [5, 5.41) is 9.44. The molecule has 0 aliphatic heterocycles. The maximum atomic E-state index is 9.44. The molecule has 0 unspecified atom stereocenters. The summed E-state index contributed by atoms with van der Waals surface area (Å²) >= 11 is 0. The summed E-state index contributed by atoms with van der Waals surface area (Å²) in [7, 11) is 1.60. The standard InChI is InChI=1S/C10H12O2/c1-12-10-8(7-5-6-7)3-2-4-9(10)11/h2-4,7,11H,5-6H2,1H3. The Morgan fingerprint density at radius 2 is 2.17 bits per heavy atom. The van der Waals surface area contributed by atoms with Crippen molar-refractivity contribution in [3.63, 3.8) is 0 Å². The number of para-hydroxylation sites is 1. The van der Waals surface area contributed by atoms with E-state index < -0.39 is 0 Å². The number of methoxy groups -OCH3 is 1. The van der Waals surface area contributed by atoms with Crippen LogP contribution in [0.2, 0.25) is 0 Å². The molecule has 0 bridgehead atoms. The predicted molar refractivity (Wildman–Crippen MR) is 46.6 cm³/mol. The van der Waals surface area contributed by atoms with Crippen LogP contribution in [0.3, 0.4) is 0 Å². The highest BCUT2D eigenvalue weighted by Gasteiger charge is 2.27. The number of ether oxygens (including phenoxy) is 1. The van der Waals surface area contributed by atoms with Crippen molar-refractivity contribution in [3.8, 4) is 11.5 Å². The van der Waals surface area contributed by atoms with Gasteiger partial charge >= 0.3 is 0 Å². The number of hydrogen-bond acceptors (Lipinski definition) is 2. The first-order valence-corrected chi connectivity index (χ1v) is 4.19. The van der Waals surface area contributed by atoms with E-state index in [0.29, 0.717) is 11.7 Å². The first-order valence-electron chi connectivity index (χ1n) is 4.19. The van der Waals surface area contributed by atoms with Gasteiger partial charge in [-0.15, -0.1) is 0 Å². The molecule has 0 amide bonds. The van der Waals surface area contributed by atoms with Gasteiger partial charge in [0.25, 0.3) is 0 Å². The van der Waals surface area contributed by atoms with Crippen LogP contribution in [-0.2, 0) is 0 Å².